The van der Waals surface area contributed by atoms with Gasteiger partial charge in [-0.2, -0.15) is 8.78 Å². The van der Waals surface area contributed by atoms with Gasteiger partial charge in [0.1, 0.15) is 6.61 Å². The lowest BCUT2D eigenvalue weighted by Gasteiger charge is -2.16. The van der Waals surface area contributed by atoms with Crippen LogP contribution in [0.2, 0.25) is 0 Å². The first-order chi connectivity index (χ1) is 6.92. The fourth-order valence-corrected chi connectivity index (χ4v) is 1.68. The number of benzene rings is 1. The summed E-state index contributed by atoms with van der Waals surface area (Å²) in [5, 5.41) is 17.8. The van der Waals surface area contributed by atoms with Gasteiger partial charge in [0.15, 0.2) is 11.5 Å². The summed E-state index contributed by atoms with van der Waals surface area (Å²) in [5.41, 5.74) is -0.483. The number of alkyl halides is 2. The van der Waals surface area contributed by atoms with Crippen molar-refractivity contribution in [3.8, 4) is 11.5 Å². The highest BCUT2D eigenvalue weighted by Crippen LogP contribution is 2.39. The molecule has 0 saturated carbocycles. The molecule has 0 amide bonds. The second kappa shape index (κ2) is 4.32. The fourth-order valence-electron chi connectivity index (χ4n) is 1.07. The van der Waals surface area contributed by atoms with Gasteiger partial charge < -0.3 is 14.9 Å². The van der Waals surface area contributed by atoms with Crippen LogP contribution in [0.4, 0.5) is 8.78 Å². The number of aliphatic hydroxyl groups excluding tert-OH is 1. The number of hydrogen-bond acceptors (Lipinski definition) is 3. The zero-order valence-corrected chi connectivity index (χ0v) is 9.38. The maximum atomic E-state index is 13.1. The number of aromatic hydroxyl groups is 1. The highest BCUT2D eigenvalue weighted by atomic mass is 79.9. The van der Waals surface area contributed by atoms with E-state index < -0.39 is 23.8 Å². The highest BCUT2D eigenvalue weighted by Gasteiger charge is 2.33. The first-order valence-electron chi connectivity index (χ1n) is 3.98. The summed E-state index contributed by atoms with van der Waals surface area (Å²) in [4.78, 5) is 0. The minimum atomic E-state index is -3.40. The molecule has 0 aliphatic rings. The molecule has 0 saturated heterocycles. The largest absolute Gasteiger partial charge is 0.504 e. The van der Waals surface area contributed by atoms with Crippen LogP contribution < -0.4 is 4.74 Å². The molecule has 0 aliphatic heterocycles. The zero-order valence-electron chi connectivity index (χ0n) is 7.80. The highest BCUT2D eigenvalue weighted by molar-refractivity contribution is 9.10. The minimum absolute atomic E-state index is 0.0659. The molecule has 0 unspecified atom stereocenters. The molecule has 0 aliphatic carbocycles. The third-order valence-corrected chi connectivity index (χ3v) is 2.52. The summed E-state index contributed by atoms with van der Waals surface area (Å²) in [5.74, 6) is -3.72. The summed E-state index contributed by atoms with van der Waals surface area (Å²) in [6.45, 7) is -1.32. The SMILES string of the molecule is COc1cc(Br)c(C(F)(F)CO)cc1O. The molecular formula is C9H9BrF2O3. The van der Waals surface area contributed by atoms with Crippen LogP contribution >= 0.6 is 15.9 Å². The lowest BCUT2D eigenvalue weighted by atomic mass is 10.1. The van der Waals surface area contributed by atoms with E-state index >= 15 is 0 Å². The van der Waals surface area contributed by atoms with Gasteiger partial charge in [-0.3, -0.25) is 0 Å². The Balaban J connectivity index is 3.28. The molecule has 0 aromatic heterocycles. The molecule has 2 N–H and O–H groups in total. The van der Waals surface area contributed by atoms with Crippen molar-refractivity contribution in [1.29, 1.82) is 0 Å². The van der Waals surface area contributed by atoms with Crippen LogP contribution in [0.1, 0.15) is 5.56 Å². The van der Waals surface area contributed by atoms with Crippen molar-refractivity contribution in [2.75, 3.05) is 13.7 Å². The Labute approximate surface area is 93.4 Å². The number of halogens is 3. The molecule has 1 aromatic carbocycles. The van der Waals surface area contributed by atoms with Gasteiger partial charge >= 0.3 is 0 Å². The fraction of sp³-hybridized carbons (Fsp3) is 0.333. The molecule has 0 spiro atoms. The molecule has 84 valence electrons. The Bertz CT molecular complexity index is 369. The number of hydrogen-bond donors (Lipinski definition) is 2. The van der Waals surface area contributed by atoms with Crippen molar-refractivity contribution in [2.24, 2.45) is 0 Å². The second-order valence-electron chi connectivity index (χ2n) is 2.87. The van der Waals surface area contributed by atoms with Crippen LogP contribution in [0.5, 0.6) is 11.5 Å². The molecule has 0 radical (unpaired) electrons. The van der Waals surface area contributed by atoms with Gasteiger partial charge in [-0.15, -0.1) is 0 Å². The first-order valence-corrected chi connectivity index (χ1v) is 4.77. The van der Waals surface area contributed by atoms with Crippen molar-refractivity contribution >= 4 is 15.9 Å². The Hall–Kier alpha value is -0.880. The van der Waals surface area contributed by atoms with E-state index in [4.69, 9.17) is 9.84 Å². The molecule has 1 rings (SSSR count). The summed E-state index contributed by atoms with van der Waals surface area (Å²) >= 11 is 2.92. The summed E-state index contributed by atoms with van der Waals surface area (Å²) < 4.78 is 31.1. The van der Waals surface area contributed by atoms with E-state index in [0.717, 1.165) is 6.07 Å². The first kappa shape index (κ1) is 12.2. The van der Waals surface area contributed by atoms with Gasteiger partial charge in [-0.25, -0.2) is 0 Å². The zero-order chi connectivity index (χ0) is 11.6. The maximum Gasteiger partial charge on any atom is 0.297 e. The van der Waals surface area contributed by atoms with Crippen molar-refractivity contribution in [3.63, 3.8) is 0 Å². The molecule has 0 atom stereocenters. The smallest absolute Gasteiger partial charge is 0.297 e. The topological polar surface area (TPSA) is 49.7 Å². The van der Waals surface area contributed by atoms with E-state index in [2.05, 4.69) is 15.9 Å². The summed E-state index contributed by atoms with van der Waals surface area (Å²) in [6, 6.07) is 2.08. The van der Waals surface area contributed by atoms with E-state index in [1.807, 2.05) is 0 Å². The molecular weight excluding hydrogens is 274 g/mol. The number of phenols is 1. The molecule has 0 heterocycles. The van der Waals surface area contributed by atoms with Gasteiger partial charge in [-0.05, 0) is 12.1 Å². The maximum absolute atomic E-state index is 13.1. The number of ether oxygens (including phenoxy) is 1. The standard InChI is InChI=1S/C9H9BrF2O3/c1-15-8-3-6(10)5(2-7(8)14)9(11,12)4-13/h2-3,13-14H,4H2,1H3. The van der Waals surface area contributed by atoms with Crippen molar-refractivity contribution < 1.29 is 23.7 Å². The number of aliphatic hydroxyl groups is 1. The quantitative estimate of drug-likeness (QED) is 0.894. The summed E-state index contributed by atoms with van der Waals surface area (Å²) in [6.07, 6.45) is 0. The van der Waals surface area contributed by atoms with Crippen LogP contribution in [0.25, 0.3) is 0 Å². The lowest BCUT2D eigenvalue weighted by Crippen LogP contribution is -2.19. The Kier molecular flexibility index (Phi) is 3.51. The van der Waals surface area contributed by atoms with Crippen LogP contribution in [-0.2, 0) is 5.92 Å². The van der Waals surface area contributed by atoms with Gasteiger partial charge in [0, 0.05) is 10.0 Å². The second-order valence-corrected chi connectivity index (χ2v) is 3.72. The lowest BCUT2D eigenvalue weighted by molar-refractivity contribution is -0.0563. The van der Waals surface area contributed by atoms with Crippen molar-refractivity contribution in [3.05, 3.63) is 22.2 Å². The van der Waals surface area contributed by atoms with Gasteiger partial charge in [-0.1, -0.05) is 15.9 Å². The third kappa shape index (κ3) is 2.38. The normalized spacial score (nSPS) is 11.5. The Morgan fingerprint density at radius 2 is 2.07 bits per heavy atom. The van der Waals surface area contributed by atoms with E-state index in [1.165, 1.54) is 13.2 Å². The molecule has 15 heavy (non-hydrogen) atoms. The van der Waals surface area contributed by atoms with Crippen molar-refractivity contribution in [2.45, 2.75) is 5.92 Å². The number of phenolic OH excluding ortho intramolecular Hbond substituents is 1. The molecule has 3 nitrogen and oxygen atoms in total. The molecule has 6 heteroatoms. The molecule has 1 aromatic rings. The van der Waals surface area contributed by atoms with Gasteiger partial charge in [0.2, 0.25) is 0 Å². The number of methoxy groups -OCH3 is 1. The summed E-state index contributed by atoms with van der Waals surface area (Å²) in [7, 11) is 1.31. The van der Waals surface area contributed by atoms with Crippen LogP contribution in [0, 0.1) is 0 Å². The van der Waals surface area contributed by atoms with Crippen LogP contribution in [-0.4, -0.2) is 23.9 Å². The van der Waals surface area contributed by atoms with Gasteiger partial charge in [0.05, 0.1) is 7.11 Å². The Morgan fingerprint density at radius 3 is 2.53 bits per heavy atom. The van der Waals surface area contributed by atoms with Crippen LogP contribution in [0.3, 0.4) is 0 Å². The monoisotopic (exact) mass is 282 g/mol. The van der Waals surface area contributed by atoms with Crippen molar-refractivity contribution in [1.82, 2.24) is 0 Å². The van der Waals surface area contributed by atoms with E-state index in [1.54, 1.807) is 0 Å². The predicted molar refractivity (Wildman–Crippen MR) is 53.3 cm³/mol. The van der Waals surface area contributed by atoms with E-state index in [0.29, 0.717) is 0 Å². The Morgan fingerprint density at radius 1 is 1.47 bits per heavy atom. The number of rotatable bonds is 3. The third-order valence-electron chi connectivity index (χ3n) is 1.86. The van der Waals surface area contributed by atoms with E-state index in [-0.39, 0.29) is 10.2 Å². The van der Waals surface area contributed by atoms with E-state index in [9.17, 15) is 13.9 Å². The van der Waals surface area contributed by atoms with Gasteiger partial charge in [0.25, 0.3) is 5.92 Å². The average Bonchev–Trinajstić information content (AvgIpc) is 2.20. The average molecular weight is 283 g/mol. The molecule has 0 bridgehead atoms. The predicted octanol–water partition coefficient (Wildman–Crippen LogP) is 2.25. The minimum Gasteiger partial charge on any atom is -0.504 e. The van der Waals surface area contributed by atoms with Crippen LogP contribution in [0.15, 0.2) is 16.6 Å². The molecule has 0 fully saturated rings.